The summed E-state index contributed by atoms with van der Waals surface area (Å²) in [7, 11) is 0. The molecule has 1 aromatic rings. The highest BCUT2D eigenvalue weighted by Crippen LogP contribution is 2.19. The lowest BCUT2D eigenvalue weighted by atomic mass is 9.99. The van der Waals surface area contributed by atoms with Gasteiger partial charge in [-0.25, -0.2) is 0 Å². The van der Waals surface area contributed by atoms with Gasteiger partial charge in [0.05, 0.1) is 23.5 Å². The number of rotatable bonds is 3. The number of hydrogen-bond donors (Lipinski definition) is 3. The second kappa shape index (κ2) is 5.50. The zero-order chi connectivity index (χ0) is 14.8. The highest BCUT2D eigenvalue weighted by atomic mass is 16.2. The molecule has 1 heterocycles. The Morgan fingerprint density at radius 1 is 1.45 bits per heavy atom. The Labute approximate surface area is 118 Å². The fourth-order valence-corrected chi connectivity index (χ4v) is 2.19. The van der Waals surface area contributed by atoms with E-state index >= 15 is 0 Å². The molecule has 108 valence electrons. The second-order valence-corrected chi connectivity index (χ2v) is 5.37. The Balaban J connectivity index is 2.01. The summed E-state index contributed by atoms with van der Waals surface area (Å²) >= 11 is 0. The maximum atomic E-state index is 12.1. The average molecular weight is 276 g/mol. The van der Waals surface area contributed by atoms with E-state index in [1.165, 1.54) is 0 Å². The summed E-state index contributed by atoms with van der Waals surface area (Å²) in [5.41, 5.74) is 6.22. The molecule has 0 unspecified atom stereocenters. The minimum Gasteiger partial charge on any atom is -0.397 e. The van der Waals surface area contributed by atoms with Crippen molar-refractivity contribution in [2.75, 3.05) is 30.7 Å². The molecule has 0 saturated carbocycles. The molecular formula is C14H20N4O2. The molecule has 1 aliphatic rings. The van der Waals surface area contributed by atoms with Crippen LogP contribution < -0.4 is 16.4 Å². The lowest BCUT2D eigenvalue weighted by Crippen LogP contribution is -2.62. The Morgan fingerprint density at radius 2 is 2.15 bits per heavy atom. The van der Waals surface area contributed by atoms with Gasteiger partial charge in [-0.2, -0.15) is 0 Å². The summed E-state index contributed by atoms with van der Waals surface area (Å²) < 4.78 is 0. The van der Waals surface area contributed by atoms with Gasteiger partial charge in [0.25, 0.3) is 0 Å². The number of nitrogens with zero attached hydrogens (tertiary/aromatic N) is 1. The van der Waals surface area contributed by atoms with E-state index in [4.69, 9.17) is 5.73 Å². The van der Waals surface area contributed by atoms with Crippen molar-refractivity contribution in [1.29, 1.82) is 0 Å². The van der Waals surface area contributed by atoms with Crippen LogP contribution in [0.1, 0.15) is 13.8 Å². The number of hydrogen-bond acceptors (Lipinski definition) is 4. The van der Waals surface area contributed by atoms with Crippen molar-refractivity contribution in [2.24, 2.45) is 0 Å². The third kappa shape index (κ3) is 2.91. The first-order valence-electron chi connectivity index (χ1n) is 6.59. The first-order chi connectivity index (χ1) is 9.41. The molecule has 6 nitrogen and oxygen atoms in total. The number of nitrogen functional groups attached to an aromatic ring is 1. The predicted molar refractivity (Wildman–Crippen MR) is 78.1 cm³/mol. The van der Waals surface area contributed by atoms with Gasteiger partial charge in [-0.3, -0.25) is 14.5 Å². The topological polar surface area (TPSA) is 87.5 Å². The lowest BCUT2D eigenvalue weighted by molar-refractivity contribution is -0.136. The molecule has 0 spiro atoms. The minimum absolute atomic E-state index is 0.0595. The smallest absolute Gasteiger partial charge is 0.240 e. The quantitative estimate of drug-likeness (QED) is 0.698. The van der Waals surface area contributed by atoms with E-state index in [1.54, 1.807) is 12.1 Å². The molecule has 2 rings (SSSR count). The number of anilines is 2. The van der Waals surface area contributed by atoms with Crippen LogP contribution in [0.3, 0.4) is 0 Å². The van der Waals surface area contributed by atoms with Crippen molar-refractivity contribution < 1.29 is 9.59 Å². The SMILES string of the molecule is CC1(C)C(=O)NCCN1CC(=O)Nc1ccccc1N. The van der Waals surface area contributed by atoms with Gasteiger partial charge < -0.3 is 16.4 Å². The number of para-hydroxylation sites is 2. The summed E-state index contributed by atoms with van der Waals surface area (Å²) in [6.45, 7) is 4.99. The van der Waals surface area contributed by atoms with Gasteiger partial charge in [-0.05, 0) is 26.0 Å². The molecular weight excluding hydrogens is 256 g/mol. The number of nitrogens with one attached hydrogen (secondary N) is 2. The van der Waals surface area contributed by atoms with Crippen LogP contribution >= 0.6 is 0 Å². The van der Waals surface area contributed by atoms with Crippen molar-refractivity contribution >= 4 is 23.2 Å². The molecule has 1 saturated heterocycles. The Kier molecular flexibility index (Phi) is 3.94. The number of carbonyl (C=O) groups excluding carboxylic acids is 2. The van der Waals surface area contributed by atoms with Crippen LogP contribution in [0.5, 0.6) is 0 Å². The van der Waals surface area contributed by atoms with E-state index in [2.05, 4.69) is 10.6 Å². The van der Waals surface area contributed by atoms with Gasteiger partial charge in [0.2, 0.25) is 11.8 Å². The van der Waals surface area contributed by atoms with Crippen LogP contribution in [0.15, 0.2) is 24.3 Å². The number of amides is 2. The van der Waals surface area contributed by atoms with Crippen LogP contribution in [0.4, 0.5) is 11.4 Å². The van der Waals surface area contributed by atoms with E-state index in [-0.39, 0.29) is 18.4 Å². The molecule has 1 fully saturated rings. The summed E-state index contributed by atoms with van der Waals surface area (Å²) in [4.78, 5) is 25.8. The summed E-state index contributed by atoms with van der Waals surface area (Å²) in [5.74, 6) is -0.235. The van der Waals surface area contributed by atoms with Gasteiger partial charge in [0, 0.05) is 13.1 Å². The molecule has 1 aromatic carbocycles. The monoisotopic (exact) mass is 276 g/mol. The lowest BCUT2D eigenvalue weighted by Gasteiger charge is -2.40. The summed E-state index contributed by atoms with van der Waals surface area (Å²) in [6.07, 6.45) is 0. The molecule has 0 aliphatic carbocycles. The third-order valence-corrected chi connectivity index (χ3v) is 3.58. The van der Waals surface area contributed by atoms with E-state index in [0.29, 0.717) is 24.5 Å². The van der Waals surface area contributed by atoms with Crippen molar-refractivity contribution in [2.45, 2.75) is 19.4 Å². The standard InChI is InChI=1S/C14H20N4O2/c1-14(2)13(20)16-7-8-18(14)9-12(19)17-11-6-4-3-5-10(11)15/h3-6H,7-9,15H2,1-2H3,(H,16,20)(H,17,19). The Hall–Kier alpha value is -2.08. The van der Waals surface area contributed by atoms with Gasteiger partial charge in [-0.15, -0.1) is 0 Å². The van der Waals surface area contributed by atoms with Gasteiger partial charge in [-0.1, -0.05) is 12.1 Å². The molecule has 1 aliphatic heterocycles. The van der Waals surface area contributed by atoms with E-state index in [0.717, 1.165) is 0 Å². The fraction of sp³-hybridized carbons (Fsp3) is 0.429. The maximum Gasteiger partial charge on any atom is 0.240 e. The van der Waals surface area contributed by atoms with Crippen LogP contribution in [0.2, 0.25) is 0 Å². The van der Waals surface area contributed by atoms with E-state index < -0.39 is 5.54 Å². The molecule has 0 aromatic heterocycles. The normalized spacial score (nSPS) is 18.4. The number of nitrogens with two attached hydrogens (primary N) is 1. The highest BCUT2D eigenvalue weighted by molar-refractivity contribution is 5.96. The van der Waals surface area contributed by atoms with Gasteiger partial charge in [0.15, 0.2) is 0 Å². The van der Waals surface area contributed by atoms with Crippen molar-refractivity contribution in [1.82, 2.24) is 10.2 Å². The minimum atomic E-state index is -0.683. The van der Waals surface area contributed by atoms with Crippen molar-refractivity contribution in [3.8, 4) is 0 Å². The van der Waals surface area contributed by atoms with Crippen LogP contribution in [-0.2, 0) is 9.59 Å². The molecule has 0 radical (unpaired) electrons. The van der Waals surface area contributed by atoms with Crippen molar-refractivity contribution in [3.05, 3.63) is 24.3 Å². The summed E-state index contributed by atoms with van der Waals surface area (Å²) in [6, 6.07) is 7.10. The number of carbonyl (C=O) groups is 2. The maximum absolute atomic E-state index is 12.1. The molecule has 6 heteroatoms. The summed E-state index contributed by atoms with van der Waals surface area (Å²) in [5, 5.41) is 5.57. The molecule has 0 atom stereocenters. The Bertz CT molecular complexity index is 528. The zero-order valence-electron chi connectivity index (χ0n) is 11.8. The van der Waals surface area contributed by atoms with Crippen LogP contribution in [0, 0.1) is 0 Å². The number of benzene rings is 1. The molecule has 0 bridgehead atoms. The Morgan fingerprint density at radius 3 is 2.85 bits per heavy atom. The third-order valence-electron chi connectivity index (χ3n) is 3.58. The van der Waals surface area contributed by atoms with E-state index in [1.807, 2.05) is 30.9 Å². The molecule has 4 N–H and O–H groups in total. The zero-order valence-corrected chi connectivity index (χ0v) is 11.8. The fourth-order valence-electron chi connectivity index (χ4n) is 2.19. The molecule has 20 heavy (non-hydrogen) atoms. The first-order valence-corrected chi connectivity index (χ1v) is 6.59. The first kappa shape index (κ1) is 14.3. The van der Waals surface area contributed by atoms with Gasteiger partial charge >= 0.3 is 0 Å². The largest absolute Gasteiger partial charge is 0.397 e. The van der Waals surface area contributed by atoms with E-state index in [9.17, 15) is 9.59 Å². The van der Waals surface area contributed by atoms with Crippen LogP contribution in [-0.4, -0.2) is 41.9 Å². The average Bonchev–Trinajstić information content (AvgIpc) is 2.38. The van der Waals surface area contributed by atoms with Crippen molar-refractivity contribution in [3.63, 3.8) is 0 Å². The van der Waals surface area contributed by atoms with Crippen LogP contribution in [0.25, 0.3) is 0 Å². The predicted octanol–water partition coefficient (Wildman–Crippen LogP) is 0.418. The molecule has 2 amide bonds. The van der Waals surface area contributed by atoms with Gasteiger partial charge in [0.1, 0.15) is 0 Å². The second-order valence-electron chi connectivity index (χ2n) is 5.37. The number of piperazine rings is 1. The highest BCUT2D eigenvalue weighted by Gasteiger charge is 2.38.